The number of anilines is 2. The summed E-state index contributed by atoms with van der Waals surface area (Å²) >= 11 is 0. The molecule has 0 aliphatic heterocycles. The standard InChI is InChI=1S/C25H33N3O4/c1-4-28(5-2)18-19-32-25(31)20-14-16-21(17-15-20)26-23(29)12-9-13-24(30)27(3)22-10-7-6-8-11-22/h6-8,10-11,14-17H,4-5,9,12-13,18-19H2,1-3H3,(H,26,29). The first kappa shape index (κ1) is 25.1. The van der Waals surface area contributed by atoms with Crippen LogP contribution in [0.2, 0.25) is 0 Å². The molecule has 2 aromatic carbocycles. The summed E-state index contributed by atoms with van der Waals surface area (Å²) in [5, 5.41) is 2.79. The van der Waals surface area contributed by atoms with Gasteiger partial charge in [0.25, 0.3) is 0 Å². The smallest absolute Gasteiger partial charge is 0.338 e. The molecule has 172 valence electrons. The average Bonchev–Trinajstić information content (AvgIpc) is 2.82. The maximum absolute atomic E-state index is 12.3. The van der Waals surface area contributed by atoms with Gasteiger partial charge < -0.3 is 19.9 Å². The number of carbonyl (C=O) groups excluding carboxylic acids is 3. The van der Waals surface area contributed by atoms with E-state index in [1.165, 1.54) is 0 Å². The summed E-state index contributed by atoms with van der Waals surface area (Å²) in [7, 11) is 1.73. The van der Waals surface area contributed by atoms with Crippen LogP contribution in [-0.4, -0.2) is 56.0 Å². The van der Waals surface area contributed by atoms with Gasteiger partial charge in [0.05, 0.1) is 5.56 Å². The first-order valence-electron chi connectivity index (χ1n) is 11.1. The molecule has 0 spiro atoms. The molecular weight excluding hydrogens is 406 g/mol. The van der Waals surface area contributed by atoms with Crippen LogP contribution in [0, 0.1) is 0 Å². The number of hydrogen-bond donors (Lipinski definition) is 1. The Morgan fingerprint density at radius 1 is 0.906 bits per heavy atom. The topological polar surface area (TPSA) is 79.0 Å². The highest BCUT2D eigenvalue weighted by atomic mass is 16.5. The fourth-order valence-electron chi connectivity index (χ4n) is 3.17. The van der Waals surface area contributed by atoms with Crippen LogP contribution >= 0.6 is 0 Å². The Kier molecular flexibility index (Phi) is 10.4. The number of rotatable bonds is 12. The molecule has 0 fully saturated rings. The van der Waals surface area contributed by atoms with Crippen molar-refractivity contribution in [2.45, 2.75) is 33.1 Å². The third kappa shape index (κ3) is 8.15. The van der Waals surface area contributed by atoms with Crippen LogP contribution in [-0.2, 0) is 14.3 Å². The summed E-state index contributed by atoms with van der Waals surface area (Å²) < 4.78 is 5.31. The van der Waals surface area contributed by atoms with E-state index in [9.17, 15) is 14.4 Å². The van der Waals surface area contributed by atoms with Crippen molar-refractivity contribution in [2.24, 2.45) is 0 Å². The van der Waals surface area contributed by atoms with Crippen molar-refractivity contribution in [3.8, 4) is 0 Å². The number of likely N-dealkylation sites (N-methyl/N-ethyl adjacent to an activating group) is 1. The number of amides is 2. The zero-order valence-corrected chi connectivity index (χ0v) is 19.2. The summed E-state index contributed by atoms with van der Waals surface area (Å²) in [6, 6.07) is 16.0. The van der Waals surface area contributed by atoms with Gasteiger partial charge in [0, 0.05) is 37.8 Å². The highest BCUT2D eigenvalue weighted by Gasteiger charge is 2.12. The van der Waals surface area contributed by atoms with Crippen molar-refractivity contribution >= 4 is 29.2 Å². The largest absolute Gasteiger partial charge is 0.461 e. The lowest BCUT2D eigenvalue weighted by Gasteiger charge is -2.17. The molecule has 0 radical (unpaired) electrons. The Morgan fingerprint density at radius 3 is 2.19 bits per heavy atom. The number of carbonyl (C=O) groups is 3. The van der Waals surface area contributed by atoms with Crippen LogP contribution in [0.1, 0.15) is 43.5 Å². The van der Waals surface area contributed by atoms with Crippen LogP contribution in [0.25, 0.3) is 0 Å². The van der Waals surface area contributed by atoms with E-state index in [0.29, 0.717) is 30.8 Å². The number of benzene rings is 2. The van der Waals surface area contributed by atoms with Crippen LogP contribution in [0.4, 0.5) is 11.4 Å². The predicted octanol–water partition coefficient (Wildman–Crippen LogP) is 3.96. The van der Waals surface area contributed by atoms with Gasteiger partial charge in [-0.15, -0.1) is 0 Å². The molecule has 2 rings (SSSR count). The number of nitrogens with one attached hydrogen (secondary N) is 1. The second kappa shape index (κ2) is 13.3. The molecule has 0 aromatic heterocycles. The summed E-state index contributed by atoms with van der Waals surface area (Å²) in [5.41, 5.74) is 1.87. The number of para-hydroxylation sites is 1. The average molecular weight is 440 g/mol. The van der Waals surface area contributed by atoms with Gasteiger partial charge in [0.2, 0.25) is 11.8 Å². The molecule has 0 bridgehead atoms. The maximum atomic E-state index is 12.3. The molecule has 0 heterocycles. The maximum Gasteiger partial charge on any atom is 0.338 e. The lowest BCUT2D eigenvalue weighted by molar-refractivity contribution is -0.118. The van der Waals surface area contributed by atoms with E-state index in [1.807, 2.05) is 30.3 Å². The van der Waals surface area contributed by atoms with Crippen molar-refractivity contribution in [3.63, 3.8) is 0 Å². The third-order valence-corrected chi connectivity index (χ3v) is 5.25. The lowest BCUT2D eigenvalue weighted by Crippen LogP contribution is -2.27. The number of nitrogens with zero attached hydrogens (tertiary/aromatic N) is 2. The SMILES string of the molecule is CCN(CC)CCOC(=O)c1ccc(NC(=O)CCCC(=O)N(C)c2ccccc2)cc1. The molecule has 0 saturated carbocycles. The quantitative estimate of drug-likeness (QED) is 0.507. The predicted molar refractivity (Wildman–Crippen MR) is 127 cm³/mol. The Bertz CT molecular complexity index is 865. The highest BCUT2D eigenvalue weighted by molar-refractivity contribution is 5.95. The van der Waals surface area contributed by atoms with E-state index < -0.39 is 0 Å². The Labute approximate surface area is 190 Å². The third-order valence-electron chi connectivity index (χ3n) is 5.25. The van der Waals surface area contributed by atoms with E-state index in [0.717, 1.165) is 18.8 Å². The highest BCUT2D eigenvalue weighted by Crippen LogP contribution is 2.14. The monoisotopic (exact) mass is 439 g/mol. The molecule has 7 nitrogen and oxygen atoms in total. The van der Waals surface area contributed by atoms with Crippen LogP contribution in [0.3, 0.4) is 0 Å². The van der Waals surface area contributed by atoms with Crippen molar-refractivity contribution in [3.05, 3.63) is 60.2 Å². The van der Waals surface area contributed by atoms with Crippen molar-refractivity contribution in [2.75, 3.05) is 43.5 Å². The van der Waals surface area contributed by atoms with Crippen LogP contribution < -0.4 is 10.2 Å². The number of ether oxygens (including phenoxy) is 1. The zero-order chi connectivity index (χ0) is 23.3. The van der Waals surface area contributed by atoms with Crippen molar-refractivity contribution in [1.29, 1.82) is 0 Å². The lowest BCUT2D eigenvalue weighted by atomic mass is 10.2. The van der Waals surface area contributed by atoms with Gasteiger partial charge in [0.1, 0.15) is 6.61 Å². The van der Waals surface area contributed by atoms with Crippen LogP contribution in [0.5, 0.6) is 0 Å². The van der Waals surface area contributed by atoms with Crippen molar-refractivity contribution in [1.82, 2.24) is 4.90 Å². The summed E-state index contributed by atoms with van der Waals surface area (Å²) in [6.45, 7) is 7.02. The summed E-state index contributed by atoms with van der Waals surface area (Å²) in [4.78, 5) is 40.4. The Hall–Kier alpha value is -3.19. The van der Waals surface area contributed by atoms with Gasteiger partial charge in [-0.1, -0.05) is 32.0 Å². The molecule has 32 heavy (non-hydrogen) atoms. The molecule has 0 aliphatic rings. The number of hydrogen-bond acceptors (Lipinski definition) is 5. The summed E-state index contributed by atoms with van der Waals surface area (Å²) in [6.07, 6.45) is 0.986. The molecule has 2 aromatic rings. The van der Waals surface area contributed by atoms with E-state index >= 15 is 0 Å². The van der Waals surface area contributed by atoms with Crippen LogP contribution in [0.15, 0.2) is 54.6 Å². The van der Waals surface area contributed by atoms with E-state index in [1.54, 1.807) is 36.2 Å². The minimum Gasteiger partial charge on any atom is -0.461 e. The normalized spacial score (nSPS) is 10.6. The Morgan fingerprint density at radius 2 is 1.56 bits per heavy atom. The van der Waals surface area contributed by atoms with E-state index in [-0.39, 0.29) is 30.6 Å². The molecular formula is C25H33N3O4. The van der Waals surface area contributed by atoms with Gasteiger partial charge in [-0.3, -0.25) is 9.59 Å². The van der Waals surface area contributed by atoms with Crippen molar-refractivity contribution < 1.29 is 19.1 Å². The van der Waals surface area contributed by atoms with Gasteiger partial charge in [-0.2, -0.15) is 0 Å². The molecule has 0 unspecified atom stereocenters. The number of esters is 1. The molecule has 2 amide bonds. The molecule has 0 atom stereocenters. The fraction of sp³-hybridized carbons (Fsp3) is 0.400. The zero-order valence-electron chi connectivity index (χ0n) is 19.2. The molecule has 7 heteroatoms. The minimum absolute atomic E-state index is 0.0344. The second-order valence-corrected chi connectivity index (χ2v) is 7.43. The molecule has 0 saturated heterocycles. The van der Waals surface area contributed by atoms with Gasteiger partial charge in [-0.25, -0.2) is 4.79 Å². The first-order valence-corrected chi connectivity index (χ1v) is 11.1. The van der Waals surface area contributed by atoms with E-state index in [2.05, 4.69) is 24.1 Å². The van der Waals surface area contributed by atoms with Gasteiger partial charge in [-0.05, 0) is 55.9 Å². The van der Waals surface area contributed by atoms with Gasteiger partial charge >= 0.3 is 5.97 Å². The second-order valence-electron chi connectivity index (χ2n) is 7.43. The fourth-order valence-corrected chi connectivity index (χ4v) is 3.17. The van der Waals surface area contributed by atoms with Gasteiger partial charge in [0.15, 0.2) is 0 Å². The first-order chi connectivity index (χ1) is 15.4. The molecule has 0 aliphatic carbocycles. The summed E-state index contributed by atoms with van der Waals surface area (Å²) in [5.74, 6) is -0.585. The Balaban J connectivity index is 1.72. The van der Waals surface area contributed by atoms with E-state index in [4.69, 9.17) is 4.74 Å². The molecule has 1 N–H and O–H groups in total. The minimum atomic E-state index is -0.379.